The molecule has 32 heavy (non-hydrogen) atoms. The third-order valence-corrected chi connectivity index (χ3v) is 6.61. The molecule has 0 bridgehead atoms. The number of imide groups is 1. The van der Waals surface area contributed by atoms with E-state index in [2.05, 4.69) is 10.6 Å². The molecule has 0 aliphatic carbocycles. The second-order valence-corrected chi connectivity index (χ2v) is 8.68. The zero-order valence-electron chi connectivity index (χ0n) is 18.3. The second-order valence-electron chi connectivity index (χ2n) is 8.68. The van der Waals surface area contributed by atoms with Gasteiger partial charge in [-0.1, -0.05) is 0 Å². The number of carbonyl (C=O) groups is 4. The molecule has 2 atom stereocenters. The lowest BCUT2D eigenvalue weighted by Crippen LogP contribution is -2.49. The summed E-state index contributed by atoms with van der Waals surface area (Å²) in [6.45, 7) is 2.36. The maximum atomic E-state index is 13.1. The molecule has 5 amide bonds. The number of benzene rings is 1. The van der Waals surface area contributed by atoms with Gasteiger partial charge in [-0.25, -0.2) is 4.79 Å². The minimum atomic E-state index is -0.820. The molecule has 3 fully saturated rings. The van der Waals surface area contributed by atoms with Crippen LogP contribution in [0.2, 0.25) is 0 Å². The summed E-state index contributed by atoms with van der Waals surface area (Å²) in [4.78, 5) is 52.6. The highest BCUT2D eigenvalue weighted by Crippen LogP contribution is 2.40. The molecule has 0 saturated carbocycles. The number of carbonyl (C=O) groups excluding carboxylic acids is 4. The molecular formula is C22H28N4O6. The van der Waals surface area contributed by atoms with Gasteiger partial charge in [0.25, 0.3) is 11.8 Å². The predicted octanol–water partition coefficient (Wildman–Crippen LogP) is 0.757. The van der Waals surface area contributed by atoms with Gasteiger partial charge >= 0.3 is 6.03 Å². The Morgan fingerprint density at radius 1 is 1.06 bits per heavy atom. The maximum Gasteiger partial charge on any atom is 0.322 e. The standard InChI is InChI=1S/C22H28N4O6/c1-31-16-5-4-14(10-17(16)32-2)20(29)26-9-7-22(13-26)6-3-8-25(12-22)18(27)11-15-19(28)24-21(30)23-15/h4-5,10,15H,3,6-9,11-13H2,1-2H3,(H2,23,24,28,30). The molecule has 3 aliphatic rings. The Hall–Kier alpha value is -3.30. The summed E-state index contributed by atoms with van der Waals surface area (Å²) in [6, 6.07) is 3.75. The smallest absolute Gasteiger partial charge is 0.322 e. The molecule has 1 aromatic carbocycles. The van der Waals surface area contributed by atoms with Gasteiger partial charge in [-0.05, 0) is 37.5 Å². The summed E-state index contributed by atoms with van der Waals surface area (Å²) in [6.07, 6.45) is 2.54. The van der Waals surface area contributed by atoms with Crippen molar-refractivity contribution in [3.05, 3.63) is 23.8 Å². The number of methoxy groups -OCH3 is 2. The summed E-state index contributed by atoms with van der Waals surface area (Å²) >= 11 is 0. The second kappa shape index (κ2) is 8.68. The molecule has 2 unspecified atom stereocenters. The number of urea groups is 1. The van der Waals surface area contributed by atoms with Crippen LogP contribution in [0.25, 0.3) is 0 Å². The van der Waals surface area contributed by atoms with Gasteiger partial charge in [0.2, 0.25) is 5.91 Å². The Bertz CT molecular complexity index is 950. The number of likely N-dealkylation sites (tertiary alicyclic amines) is 2. The number of nitrogens with one attached hydrogen (secondary N) is 2. The highest BCUT2D eigenvalue weighted by molar-refractivity contribution is 6.05. The van der Waals surface area contributed by atoms with E-state index in [1.54, 1.807) is 30.2 Å². The fraction of sp³-hybridized carbons (Fsp3) is 0.545. The molecule has 1 spiro atoms. The van der Waals surface area contributed by atoms with Crippen molar-refractivity contribution in [3.63, 3.8) is 0 Å². The molecule has 3 heterocycles. The molecule has 10 heteroatoms. The summed E-state index contributed by atoms with van der Waals surface area (Å²) in [7, 11) is 3.08. The van der Waals surface area contributed by atoms with Crippen LogP contribution in [0.1, 0.15) is 36.0 Å². The Labute approximate surface area is 186 Å². The summed E-state index contributed by atoms with van der Waals surface area (Å²) in [5.74, 6) is 0.371. The van der Waals surface area contributed by atoms with E-state index in [0.717, 1.165) is 19.3 Å². The lowest BCUT2D eigenvalue weighted by molar-refractivity contribution is -0.136. The van der Waals surface area contributed by atoms with Crippen LogP contribution in [-0.4, -0.2) is 80.0 Å². The first-order valence-corrected chi connectivity index (χ1v) is 10.7. The Morgan fingerprint density at radius 2 is 1.81 bits per heavy atom. The van der Waals surface area contributed by atoms with Crippen LogP contribution in [0.3, 0.4) is 0 Å². The number of hydrogen-bond acceptors (Lipinski definition) is 6. The van der Waals surface area contributed by atoms with Crippen molar-refractivity contribution in [2.24, 2.45) is 5.41 Å². The van der Waals surface area contributed by atoms with E-state index >= 15 is 0 Å². The zero-order chi connectivity index (χ0) is 22.9. The predicted molar refractivity (Wildman–Crippen MR) is 113 cm³/mol. The van der Waals surface area contributed by atoms with E-state index in [1.165, 1.54) is 7.11 Å². The van der Waals surface area contributed by atoms with Crippen LogP contribution < -0.4 is 20.1 Å². The van der Waals surface area contributed by atoms with E-state index in [4.69, 9.17) is 9.47 Å². The average molecular weight is 444 g/mol. The molecule has 1 aromatic rings. The highest BCUT2D eigenvalue weighted by atomic mass is 16.5. The molecule has 3 aliphatic heterocycles. The topological polar surface area (TPSA) is 117 Å². The molecule has 10 nitrogen and oxygen atoms in total. The van der Waals surface area contributed by atoms with Gasteiger partial charge in [-0.3, -0.25) is 19.7 Å². The Morgan fingerprint density at radius 3 is 2.50 bits per heavy atom. The fourth-order valence-corrected chi connectivity index (χ4v) is 4.92. The Kier molecular flexibility index (Phi) is 5.94. The number of ether oxygens (including phenoxy) is 2. The maximum absolute atomic E-state index is 13.1. The largest absolute Gasteiger partial charge is 0.493 e. The molecule has 2 N–H and O–H groups in total. The lowest BCUT2D eigenvalue weighted by Gasteiger charge is -2.40. The minimum Gasteiger partial charge on any atom is -0.493 e. The van der Waals surface area contributed by atoms with E-state index in [1.807, 2.05) is 4.90 Å². The molecule has 3 saturated heterocycles. The van der Waals surface area contributed by atoms with Crippen LogP contribution in [-0.2, 0) is 9.59 Å². The van der Waals surface area contributed by atoms with Crippen LogP contribution in [0.5, 0.6) is 11.5 Å². The molecule has 4 rings (SSSR count). The quantitative estimate of drug-likeness (QED) is 0.648. The van der Waals surface area contributed by atoms with Crippen molar-refractivity contribution in [1.82, 2.24) is 20.4 Å². The third kappa shape index (κ3) is 4.21. The van der Waals surface area contributed by atoms with Crippen molar-refractivity contribution < 1.29 is 28.7 Å². The average Bonchev–Trinajstić information content (AvgIpc) is 3.34. The fourth-order valence-electron chi connectivity index (χ4n) is 4.92. The van der Waals surface area contributed by atoms with E-state index in [-0.39, 0.29) is 23.7 Å². The summed E-state index contributed by atoms with van der Waals surface area (Å²) in [5, 5.41) is 4.63. The van der Waals surface area contributed by atoms with Crippen molar-refractivity contribution in [3.8, 4) is 11.5 Å². The first kappa shape index (κ1) is 21.9. The van der Waals surface area contributed by atoms with Gasteiger partial charge in [-0.2, -0.15) is 0 Å². The molecule has 0 aromatic heterocycles. The third-order valence-electron chi connectivity index (χ3n) is 6.61. The van der Waals surface area contributed by atoms with Gasteiger partial charge in [0, 0.05) is 37.2 Å². The van der Waals surface area contributed by atoms with Crippen molar-refractivity contribution >= 4 is 23.8 Å². The van der Waals surface area contributed by atoms with Gasteiger partial charge in [-0.15, -0.1) is 0 Å². The number of hydrogen-bond donors (Lipinski definition) is 2. The highest BCUT2D eigenvalue weighted by Gasteiger charge is 2.44. The SMILES string of the molecule is COc1ccc(C(=O)N2CCC3(CCCN(C(=O)CC4NC(=O)NC4=O)C3)C2)cc1OC. The van der Waals surface area contributed by atoms with Crippen molar-refractivity contribution in [1.29, 1.82) is 0 Å². The van der Waals surface area contributed by atoms with E-state index in [9.17, 15) is 19.2 Å². The normalized spacial score (nSPS) is 25.0. The molecule has 172 valence electrons. The first-order chi connectivity index (χ1) is 15.3. The van der Waals surface area contributed by atoms with Crippen molar-refractivity contribution in [2.75, 3.05) is 40.4 Å². The van der Waals surface area contributed by atoms with Gasteiger partial charge in [0.05, 0.1) is 20.6 Å². The summed E-state index contributed by atoms with van der Waals surface area (Å²) in [5.41, 5.74) is 0.382. The summed E-state index contributed by atoms with van der Waals surface area (Å²) < 4.78 is 10.6. The monoisotopic (exact) mass is 444 g/mol. The Balaban J connectivity index is 1.40. The van der Waals surface area contributed by atoms with E-state index < -0.39 is 18.0 Å². The number of nitrogens with zero attached hydrogens (tertiary/aromatic N) is 2. The van der Waals surface area contributed by atoms with E-state index in [0.29, 0.717) is 43.2 Å². The number of amides is 5. The van der Waals surface area contributed by atoms with Crippen LogP contribution >= 0.6 is 0 Å². The van der Waals surface area contributed by atoms with Crippen LogP contribution in [0.4, 0.5) is 4.79 Å². The molecule has 0 radical (unpaired) electrons. The lowest BCUT2D eigenvalue weighted by atomic mass is 9.79. The van der Waals surface area contributed by atoms with Gasteiger partial charge in [0.1, 0.15) is 6.04 Å². The van der Waals surface area contributed by atoms with Crippen molar-refractivity contribution in [2.45, 2.75) is 31.7 Å². The van der Waals surface area contributed by atoms with Gasteiger partial charge < -0.3 is 24.6 Å². The molecular weight excluding hydrogens is 416 g/mol. The van der Waals surface area contributed by atoms with Crippen LogP contribution in [0.15, 0.2) is 18.2 Å². The number of piperidine rings is 1. The first-order valence-electron chi connectivity index (χ1n) is 10.7. The van der Waals surface area contributed by atoms with Gasteiger partial charge in [0.15, 0.2) is 11.5 Å². The van der Waals surface area contributed by atoms with Crippen LogP contribution in [0, 0.1) is 5.41 Å². The zero-order valence-corrected chi connectivity index (χ0v) is 18.3. The minimum absolute atomic E-state index is 0.0536. The number of rotatable bonds is 5.